The smallest absolute Gasteiger partial charge is 0.269 e. The zero-order valence-corrected chi connectivity index (χ0v) is 11.7. The first kappa shape index (κ1) is 16.0. The molecule has 0 amide bonds. The summed E-state index contributed by atoms with van der Waals surface area (Å²) < 4.78 is 0. The molecule has 0 aliphatic carbocycles. The third-order valence-electron chi connectivity index (χ3n) is 2.97. The molecule has 2 rings (SSSR count). The Hall–Kier alpha value is -3.42. The van der Waals surface area contributed by atoms with E-state index in [1.54, 1.807) is 0 Å². The molecule has 0 bridgehead atoms. The van der Waals surface area contributed by atoms with Crippen molar-refractivity contribution in [3.8, 4) is 17.2 Å². The van der Waals surface area contributed by atoms with Crippen LogP contribution in [-0.2, 0) is 0 Å². The highest BCUT2D eigenvalue weighted by atomic mass is 16.6. The molecule has 23 heavy (non-hydrogen) atoms. The molecule has 0 radical (unpaired) electrons. The number of Topliss-reactive ketones (excluding diaryl/α,β-unsaturated/α-hetero) is 1. The quantitative estimate of drug-likeness (QED) is 0.254. The molecule has 0 saturated heterocycles. The lowest BCUT2D eigenvalue weighted by Gasteiger charge is -2.03. The average molecular weight is 316 g/mol. The number of carbonyl (C=O) groups excluding carboxylic acids is 1. The molecule has 3 N–H and O–H groups in total. The lowest BCUT2D eigenvalue weighted by atomic mass is 10.1. The molecule has 8 heteroatoms. The normalized spacial score (nSPS) is 10.8. The number of phenolic OH excluding ortho intramolecular Hbond substituents is 3. The van der Waals surface area contributed by atoms with E-state index in [1.807, 2.05) is 0 Å². The van der Waals surface area contributed by atoms with Gasteiger partial charge in [-0.2, -0.15) is 0 Å². The van der Waals surface area contributed by atoms with E-state index in [4.69, 9.17) is 0 Å². The summed E-state index contributed by atoms with van der Waals surface area (Å²) in [6.45, 7) is -0.249. The minimum atomic E-state index is -0.698. The summed E-state index contributed by atoms with van der Waals surface area (Å²) in [6.07, 6.45) is 1.38. The van der Waals surface area contributed by atoms with Gasteiger partial charge < -0.3 is 15.3 Å². The molecule has 0 aliphatic heterocycles. The summed E-state index contributed by atoms with van der Waals surface area (Å²) in [5.74, 6) is -2.38. The molecule has 0 atom stereocenters. The molecule has 0 aromatic heterocycles. The number of hydrogen-bond donors (Lipinski definition) is 3. The number of benzene rings is 2. The van der Waals surface area contributed by atoms with E-state index >= 15 is 0 Å². The van der Waals surface area contributed by atoms with E-state index in [0.717, 1.165) is 12.1 Å². The highest BCUT2D eigenvalue weighted by Crippen LogP contribution is 2.35. The first-order chi connectivity index (χ1) is 10.9. The van der Waals surface area contributed by atoms with Crippen LogP contribution in [0.4, 0.5) is 5.69 Å². The second kappa shape index (κ2) is 6.56. The number of ketones is 1. The summed E-state index contributed by atoms with van der Waals surface area (Å²) in [4.78, 5) is 25.8. The molecule has 2 aromatic carbocycles. The van der Waals surface area contributed by atoms with Crippen molar-refractivity contribution in [3.05, 3.63) is 57.6 Å². The number of carbonyl (C=O) groups is 1. The maximum Gasteiger partial charge on any atom is 0.269 e. The number of nitro benzene ring substituents is 1. The third kappa shape index (κ3) is 3.82. The fraction of sp³-hybridized carbons (Fsp3) is 0.0667. The van der Waals surface area contributed by atoms with Crippen molar-refractivity contribution in [2.45, 2.75) is 0 Å². The van der Waals surface area contributed by atoms with E-state index in [0.29, 0.717) is 5.56 Å². The second-order valence-electron chi connectivity index (χ2n) is 4.60. The standard InChI is InChI=1S/C15H12N2O6/c18-12-5-10(6-13(19)15(12)21)14(20)8-16-7-9-1-3-11(4-2-9)17(22)23/h1-7,18-19,21H,8H2. The molecule has 0 spiro atoms. The molecule has 0 aliphatic rings. The van der Waals surface area contributed by atoms with E-state index in [2.05, 4.69) is 4.99 Å². The van der Waals surface area contributed by atoms with E-state index in [9.17, 15) is 30.2 Å². The highest BCUT2D eigenvalue weighted by molar-refractivity contribution is 5.99. The van der Waals surface area contributed by atoms with Crippen LogP contribution in [0.25, 0.3) is 0 Å². The van der Waals surface area contributed by atoms with E-state index in [-0.39, 0.29) is 17.8 Å². The number of aromatic hydroxyl groups is 3. The van der Waals surface area contributed by atoms with Gasteiger partial charge in [-0.1, -0.05) is 0 Å². The van der Waals surface area contributed by atoms with Crippen LogP contribution in [0.1, 0.15) is 15.9 Å². The lowest BCUT2D eigenvalue weighted by Crippen LogP contribution is -2.03. The number of hydrogen-bond acceptors (Lipinski definition) is 7. The van der Waals surface area contributed by atoms with Crippen molar-refractivity contribution in [2.24, 2.45) is 4.99 Å². The van der Waals surface area contributed by atoms with Gasteiger partial charge in [-0.15, -0.1) is 0 Å². The Morgan fingerprint density at radius 3 is 2.22 bits per heavy atom. The predicted molar refractivity (Wildman–Crippen MR) is 81.3 cm³/mol. The average Bonchev–Trinajstić information content (AvgIpc) is 2.52. The fourth-order valence-corrected chi connectivity index (χ4v) is 1.77. The van der Waals surface area contributed by atoms with Crippen molar-refractivity contribution in [2.75, 3.05) is 6.54 Å². The third-order valence-corrected chi connectivity index (χ3v) is 2.97. The lowest BCUT2D eigenvalue weighted by molar-refractivity contribution is -0.384. The van der Waals surface area contributed by atoms with E-state index < -0.39 is 28.0 Å². The number of rotatable bonds is 5. The molecule has 0 unspecified atom stereocenters. The Labute approximate surface area is 130 Å². The second-order valence-corrected chi connectivity index (χ2v) is 4.60. The van der Waals surface area contributed by atoms with Gasteiger partial charge in [0.2, 0.25) is 0 Å². The number of non-ortho nitro benzene ring substituents is 1. The minimum Gasteiger partial charge on any atom is -0.504 e. The van der Waals surface area contributed by atoms with Crippen molar-refractivity contribution >= 4 is 17.7 Å². The summed E-state index contributed by atoms with van der Waals surface area (Å²) in [5, 5.41) is 38.4. The minimum absolute atomic E-state index is 0.00125. The topological polar surface area (TPSA) is 133 Å². The summed E-state index contributed by atoms with van der Waals surface area (Å²) in [5.41, 5.74) is 0.534. The largest absolute Gasteiger partial charge is 0.504 e. The van der Waals surface area contributed by atoms with Crippen LogP contribution >= 0.6 is 0 Å². The molecule has 0 saturated carbocycles. The van der Waals surface area contributed by atoms with Crippen molar-refractivity contribution in [1.82, 2.24) is 0 Å². The van der Waals surface area contributed by atoms with Crippen LogP contribution in [0.3, 0.4) is 0 Å². The first-order valence-electron chi connectivity index (χ1n) is 6.41. The monoisotopic (exact) mass is 316 g/mol. The summed E-state index contributed by atoms with van der Waals surface area (Å²) in [6, 6.07) is 7.67. The zero-order chi connectivity index (χ0) is 17.0. The Bertz CT molecular complexity index is 760. The van der Waals surface area contributed by atoms with Crippen LogP contribution in [-0.4, -0.2) is 38.8 Å². The Morgan fingerprint density at radius 1 is 1.13 bits per heavy atom. The van der Waals surface area contributed by atoms with Gasteiger partial charge in [-0.25, -0.2) is 0 Å². The van der Waals surface area contributed by atoms with Gasteiger partial charge in [0, 0.05) is 23.9 Å². The van der Waals surface area contributed by atoms with Crippen LogP contribution < -0.4 is 0 Å². The maximum atomic E-state index is 11.9. The van der Waals surface area contributed by atoms with Gasteiger partial charge in [0.25, 0.3) is 5.69 Å². The molecule has 0 fully saturated rings. The fourth-order valence-electron chi connectivity index (χ4n) is 1.77. The van der Waals surface area contributed by atoms with Crippen LogP contribution in [0, 0.1) is 10.1 Å². The van der Waals surface area contributed by atoms with Crippen LogP contribution in [0.2, 0.25) is 0 Å². The van der Waals surface area contributed by atoms with Crippen molar-refractivity contribution < 1.29 is 25.0 Å². The van der Waals surface area contributed by atoms with Crippen molar-refractivity contribution in [3.63, 3.8) is 0 Å². The van der Waals surface area contributed by atoms with Crippen LogP contribution in [0.5, 0.6) is 17.2 Å². The number of phenols is 3. The van der Waals surface area contributed by atoms with Gasteiger partial charge in [0.1, 0.15) is 6.54 Å². The summed E-state index contributed by atoms with van der Waals surface area (Å²) in [7, 11) is 0. The molecular formula is C15H12N2O6. The van der Waals surface area contributed by atoms with Gasteiger partial charge >= 0.3 is 0 Å². The SMILES string of the molecule is O=C(CN=Cc1ccc([N+](=O)[O-])cc1)c1cc(O)c(O)c(O)c1. The van der Waals surface area contributed by atoms with Gasteiger partial charge in [-0.3, -0.25) is 19.9 Å². The summed E-state index contributed by atoms with van der Waals surface area (Å²) >= 11 is 0. The maximum absolute atomic E-state index is 11.9. The Balaban J connectivity index is 2.05. The van der Waals surface area contributed by atoms with Crippen molar-refractivity contribution in [1.29, 1.82) is 0 Å². The Morgan fingerprint density at radius 2 is 1.70 bits per heavy atom. The first-order valence-corrected chi connectivity index (χ1v) is 6.41. The molecule has 0 heterocycles. The van der Waals surface area contributed by atoms with Gasteiger partial charge in [0.05, 0.1) is 4.92 Å². The molecular weight excluding hydrogens is 304 g/mol. The van der Waals surface area contributed by atoms with Gasteiger partial charge in [0.15, 0.2) is 23.0 Å². The zero-order valence-electron chi connectivity index (χ0n) is 11.7. The molecule has 118 valence electrons. The number of aliphatic imine (C=N–C) groups is 1. The van der Waals surface area contributed by atoms with Gasteiger partial charge in [-0.05, 0) is 29.8 Å². The molecule has 2 aromatic rings. The molecule has 8 nitrogen and oxygen atoms in total. The predicted octanol–water partition coefficient (Wildman–Crippen LogP) is 2.01. The Kier molecular flexibility index (Phi) is 4.55. The number of nitro groups is 1. The highest BCUT2D eigenvalue weighted by Gasteiger charge is 2.12. The van der Waals surface area contributed by atoms with E-state index in [1.165, 1.54) is 30.5 Å². The number of nitrogens with zero attached hydrogens (tertiary/aromatic N) is 2. The van der Waals surface area contributed by atoms with Crippen LogP contribution in [0.15, 0.2) is 41.4 Å².